The van der Waals surface area contributed by atoms with E-state index in [1.54, 1.807) is 0 Å². The smallest absolute Gasteiger partial charge is 0.0454 e. The molecule has 0 spiro atoms. The molecule has 1 rings (SSSR count). The van der Waals surface area contributed by atoms with Crippen LogP contribution in [0.3, 0.4) is 0 Å². The molecule has 0 aromatic rings. The van der Waals surface area contributed by atoms with Crippen molar-refractivity contribution in [1.29, 1.82) is 0 Å². The summed E-state index contributed by atoms with van der Waals surface area (Å²) in [7, 11) is 0. The van der Waals surface area contributed by atoms with Gasteiger partial charge in [0.15, 0.2) is 0 Å². The van der Waals surface area contributed by atoms with Gasteiger partial charge in [-0.25, -0.2) is 9.81 Å². The van der Waals surface area contributed by atoms with Crippen molar-refractivity contribution in [2.45, 2.75) is 26.2 Å². The summed E-state index contributed by atoms with van der Waals surface area (Å²) < 4.78 is 0. The molecule has 0 aliphatic heterocycles. The third kappa shape index (κ3) is 1.55. The Kier molecular flexibility index (Phi) is 2.30. The SMILES string of the molecule is CC1CCCC([S-])=C1[S-]. The van der Waals surface area contributed by atoms with Gasteiger partial charge < -0.3 is 25.3 Å². The quantitative estimate of drug-likeness (QED) is 0.495. The van der Waals surface area contributed by atoms with Crippen molar-refractivity contribution in [3.05, 3.63) is 9.81 Å². The molecule has 0 bridgehead atoms. The first-order valence-electron chi connectivity index (χ1n) is 3.29. The van der Waals surface area contributed by atoms with E-state index in [0.29, 0.717) is 5.92 Å². The topological polar surface area (TPSA) is 0 Å². The normalized spacial score (nSPS) is 28.8. The van der Waals surface area contributed by atoms with Gasteiger partial charge in [-0.05, 0) is 12.3 Å². The predicted molar refractivity (Wildman–Crippen MR) is 44.8 cm³/mol. The molecule has 0 saturated heterocycles. The Morgan fingerprint density at radius 1 is 1.44 bits per heavy atom. The van der Waals surface area contributed by atoms with Crippen molar-refractivity contribution in [2.24, 2.45) is 5.92 Å². The van der Waals surface area contributed by atoms with Gasteiger partial charge in [-0.2, -0.15) is 0 Å². The van der Waals surface area contributed by atoms with Gasteiger partial charge >= 0.3 is 0 Å². The number of hydrogen-bond acceptors (Lipinski definition) is 2. The predicted octanol–water partition coefficient (Wildman–Crippen LogP) is 2.11. The van der Waals surface area contributed by atoms with Crippen LogP contribution in [0.1, 0.15) is 26.2 Å². The zero-order chi connectivity index (χ0) is 6.85. The maximum atomic E-state index is 5.11. The molecule has 0 fully saturated rings. The molecule has 1 aliphatic rings. The Bertz CT molecular complexity index is 138. The first-order chi connectivity index (χ1) is 4.22. The Labute approximate surface area is 67.5 Å². The lowest BCUT2D eigenvalue weighted by molar-refractivity contribution is 0.572. The van der Waals surface area contributed by atoms with Crippen molar-refractivity contribution >= 4 is 25.3 Å². The van der Waals surface area contributed by atoms with Gasteiger partial charge in [0.2, 0.25) is 0 Å². The summed E-state index contributed by atoms with van der Waals surface area (Å²) in [4.78, 5) is 2.07. The molecule has 0 heterocycles. The van der Waals surface area contributed by atoms with Gasteiger partial charge in [0.05, 0.1) is 0 Å². The molecule has 0 aromatic heterocycles. The maximum absolute atomic E-state index is 5.11. The zero-order valence-corrected chi connectivity index (χ0v) is 7.15. The van der Waals surface area contributed by atoms with E-state index in [1.807, 2.05) is 0 Å². The van der Waals surface area contributed by atoms with Crippen LogP contribution in [0.25, 0.3) is 0 Å². The second kappa shape index (κ2) is 2.84. The standard InChI is InChI=1S/C7H12S2/c1-5-3-2-4-6(8)7(5)9/h5,8-9H,2-4H2,1H3/p-2. The fourth-order valence-electron chi connectivity index (χ4n) is 1.10. The van der Waals surface area contributed by atoms with Crippen molar-refractivity contribution in [3.63, 3.8) is 0 Å². The zero-order valence-electron chi connectivity index (χ0n) is 5.52. The van der Waals surface area contributed by atoms with Crippen LogP contribution < -0.4 is 0 Å². The molecule has 0 amide bonds. The molecule has 52 valence electrons. The molecule has 1 aliphatic carbocycles. The second-order valence-corrected chi connectivity index (χ2v) is 3.51. The summed E-state index contributed by atoms with van der Waals surface area (Å²) in [6.45, 7) is 2.16. The van der Waals surface area contributed by atoms with E-state index in [-0.39, 0.29) is 0 Å². The van der Waals surface area contributed by atoms with Crippen LogP contribution >= 0.6 is 0 Å². The largest absolute Gasteiger partial charge is 0.786 e. The molecule has 0 radical (unpaired) electrons. The maximum Gasteiger partial charge on any atom is -0.0454 e. The van der Waals surface area contributed by atoms with Gasteiger partial charge in [-0.3, -0.25) is 0 Å². The molecule has 2 heteroatoms. The van der Waals surface area contributed by atoms with Crippen LogP contribution in [0.15, 0.2) is 9.81 Å². The van der Waals surface area contributed by atoms with Crippen LogP contribution in [-0.4, -0.2) is 0 Å². The summed E-state index contributed by atoms with van der Waals surface area (Å²) >= 11 is 10.2. The minimum Gasteiger partial charge on any atom is -0.786 e. The Morgan fingerprint density at radius 3 is 2.56 bits per heavy atom. The van der Waals surface area contributed by atoms with Gasteiger partial charge in [0, 0.05) is 0 Å². The number of hydrogen-bond donors (Lipinski definition) is 0. The third-order valence-electron chi connectivity index (χ3n) is 1.76. The second-order valence-electron chi connectivity index (χ2n) is 2.58. The molecular weight excluding hydrogens is 148 g/mol. The Balaban J connectivity index is 2.72. The van der Waals surface area contributed by atoms with Crippen LogP contribution in [0.4, 0.5) is 0 Å². The van der Waals surface area contributed by atoms with Gasteiger partial charge in [0.1, 0.15) is 0 Å². The number of rotatable bonds is 0. The summed E-state index contributed by atoms with van der Waals surface area (Å²) in [6.07, 6.45) is 3.53. The lowest BCUT2D eigenvalue weighted by atomic mass is 9.97. The highest BCUT2D eigenvalue weighted by Gasteiger charge is 2.03. The Morgan fingerprint density at radius 2 is 2.11 bits per heavy atom. The summed E-state index contributed by atoms with van der Waals surface area (Å²) in [5.74, 6) is 0.571. The molecule has 0 saturated carbocycles. The number of allylic oxidation sites excluding steroid dienone is 2. The Hall–Kier alpha value is 0.180. The monoisotopic (exact) mass is 158 g/mol. The van der Waals surface area contributed by atoms with Crippen molar-refractivity contribution in [3.8, 4) is 0 Å². The van der Waals surface area contributed by atoms with E-state index >= 15 is 0 Å². The van der Waals surface area contributed by atoms with Crippen LogP contribution in [-0.2, 0) is 25.3 Å². The minimum atomic E-state index is 0.571. The molecule has 0 aromatic carbocycles. The average molecular weight is 158 g/mol. The fraction of sp³-hybridized carbons (Fsp3) is 0.714. The van der Waals surface area contributed by atoms with E-state index in [2.05, 4.69) is 6.92 Å². The summed E-state index contributed by atoms with van der Waals surface area (Å²) in [6, 6.07) is 0. The van der Waals surface area contributed by atoms with E-state index in [4.69, 9.17) is 25.3 Å². The van der Waals surface area contributed by atoms with Gasteiger partial charge in [0.25, 0.3) is 0 Å². The highest BCUT2D eigenvalue weighted by molar-refractivity contribution is 7.67. The van der Waals surface area contributed by atoms with Gasteiger partial charge in [-0.15, -0.1) is 0 Å². The van der Waals surface area contributed by atoms with Crippen molar-refractivity contribution in [2.75, 3.05) is 0 Å². The molecule has 0 nitrogen and oxygen atoms in total. The van der Waals surface area contributed by atoms with Crippen LogP contribution in [0.2, 0.25) is 0 Å². The minimum absolute atomic E-state index is 0.571. The van der Waals surface area contributed by atoms with E-state index in [0.717, 1.165) is 16.2 Å². The third-order valence-corrected chi connectivity index (χ3v) is 2.97. The van der Waals surface area contributed by atoms with E-state index < -0.39 is 0 Å². The lowest BCUT2D eigenvalue weighted by Gasteiger charge is -2.35. The first kappa shape index (κ1) is 7.29. The van der Waals surface area contributed by atoms with Crippen molar-refractivity contribution in [1.82, 2.24) is 0 Å². The fourth-order valence-corrected chi connectivity index (χ4v) is 1.66. The molecule has 1 unspecified atom stereocenters. The lowest BCUT2D eigenvalue weighted by Crippen LogP contribution is -2.05. The van der Waals surface area contributed by atoms with Crippen molar-refractivity contribution < 1.29 is 0 Å². The molecule has 0 N–H and O–H groups in total. The molecule has 9 heavy (non-hydrogen) atoms. The molecular formula is C7H10S2-2. The summed E-state index contributed by atoms with van der Waals surface area (Å²) in [5.41, 5.74) is 0. The highest BCUT2D eigenvalue weighted by Crippen LogP contribution is 2.27. The first-order valence-corrected chi connectivity index (χ1v) is 4.10. The summed E-state index contributed by atoms with van der Waals surface area (Å²) in [5, 5.41) is 0. The molecule has 1 atom stereocenters. The van der Waals surface area contributed by atoms with Gasteiger partial charge in [-0.1, -0.05) is 19.8 Å². The van der Waals surface area contributed by atoms with E-state index in [9.17, 15) is 0 Å². The van der Waals surface area contributed by atoms with E-state index in [1.165, 1.54) is 12.8 Å². The highest BCUT2D eigenvalue weighted by atomic mass is 32.1. The van der Waals surface area contributed by atoms with Crippen LogP contribution in [0.5, 0.6) is 0 Å². The van der Waals surface area contributed by atoms with Crippen LogP contribution in [0, 0.1) is 5.92 Å². The average Bonchev–Trinajstić information content (AvgIpc) is 1.83.